The van der Waals surface area contributed by atoms with Crippen molar-refractivity contribution in [3.63, 3.8) is 0 Å². The van der Waals surface area contributed by atoms with Gasteiger partial charge in [0.15, 0.2) is 11.5 Å². The van der Waals surface area contributed by atoms with Gasteiger partial charge >= 0.3 is 0 Å². The van der Waals surface area contributed by atoms with E-state index < -0.39 is 0 Å². The standard InChI is InChI=1S/C15H10N6S2/c1-22-15-10(7-16)14(21-13(20-15)4-5-18-21)19-9-2-3-11-12(6-9)23-8-17-11/h2-6,8,19H,1H3. The molecule has 0 fully saturated rings. The van der Waals surface area contributed by atoms with Crippen LogP contribution in [0.25, 0.3) is 15.9 Å². The summed E-state index contributed by atoms with van der Waals surface area (Å²) in [4.78, 5) is 8.74. The number of hydrogen-bond acceptors (Lipinski definition) is 7. The van der Waals surface area contributed by atoms with Crippen LogP contribution in [-0.4, -0.2) is 25.8 Å². The molecule has 0 unspecified atom stereocenters. The summed E-state index contributed by atoms with van der Waals surface area (Å²) in [5.74, 6) is 0.621. The minimum absolute atomic E-state index is 0.484. The van der Waals surface area contributed by atoms with E-state index in [0.717, 1.165) is 15.9 Å². The average Bonchev–Trinajstić information content (AvgIpc) is 3.22. The second-order valence-electron chi connectivity index (χ2n) is 4.72. The molecule has 0 amide bonds. The van der Waals surface area contributed by atoms with Crippen molar-refractivity contribution < 1.29 is 0 Å². The number of anilines is 2. The zero-order valence-corrected chi connectivity index (χ0v) is 13.6. The number of nitrogens with one attached hydrogen (secondary N) is 1. The lowest BCUT2D eigenvalue weighted by Gasteiger charge is -2.12. The number of benzene rings is 1. The molecule has 23 heavy (non-hydrogen) atoms. The Balaban J connectivity index is 1.89. The average molecular weight is 338 g/mol. The highest BCUT2D eigenvalue weighted by Gasteiger charge is 2.16. The van der Waals surface area contributed by atoms with Crippen LogP contribution in [0, 0.1) is 11.3 Å². The second kappa shape index (κ2) is 5.53. The molecule has 0 aliphatic rings. The number of thiazole rings is 1. The Morgan fingerprint density at radius 3 is 3.09 bits per heavy atom. The summed E-state index contributed by atoms with van der Waals surface area (Å²) in [6, 6.07) is 9.97. The molecule has 112 valence electrons. The monoisotopic (exact) mass is 338 g/mol. The Bertz CT molecular complexity index is 1060. The maximum absolute atomic E-state index is 9.55. The molecule has 0 atom stereocenters. The Labute approximate surface area is 139 Å². The van der Waals surface area contributed by atoms with Gasteiger partial charge in [-0.2, -0.15) is 14.9 Å². The molecule has 1 aromatic carbocycles. The lowest BCUT2D eigenvalue weighted by molar-refractivity contribution is 0.917. The summed E-state index contributed by atoms with van der Waals surface area (Å²) in [5, 5.41) is 17.8. The predicted octanol–water partition coefficient (Wildman–Crippen LogP) is 3.68. The van der Waals surface area contributed by atoms with Crippen LogP contribution in [0.2, 0.25) is 0 Å². The van der Waals surface area contributed by atoms with Crippen LogP contribution in [0.15, 0.2) is 41.0 Å². The lowest BCUT2D eigenvalue weighted by Crippen LogP contribution is -2.06. The first-order chi connectivity index (χ1) is 11.3. The number of nitrogens with zero attached hydrogens (tertiary/aromatic N) is 5. The topological polar surface area (TPSA) is 78.9 Å². The van der Waals surface area contributed by atoms with Gasteiger partial charge in [0.25, 0.3) is 0 Å². The van der Waals surface area contributed by atoms with Gasteiger partial charge in [-0.05, 0) is 24.5 Å². The zero-order chi connectivity index (χ0) is 15.8. The number of fused-ring (bicyclic) bond motifs is 2. The minimum Gasteiger partial charge on any atom is -0.339 e. The third kappa shape index (κ3) is 2.30. The SMILES string of the molecule is CSc1nc2ccnn2c(Nc2ccc3ncsc3c2)c1C#N. The summed E-state index contributed by atoms with van der Waals surface area (Å²) < 4.78 is 2.74. The summed E-state index contributed by atoms with van der Waals surface area (Å²) in [5.41, 5.74) is 4.85. The van der Waals surface area contributed by atoms with Crippen molar-refractivity contribution in [1.29, 1.82) is 5.26 Å². The molecule has 6 nitrogen and oxygen atoms in total. The van der Waals surface area contributed by atoms with E-state index in [-0.39, 0.29) is 0 Å². The van der Waals surface area contributed by atoms with Gasteiger partial charge in [-0.1, -0.05) is 0 Å². The van der Waals surface area contributed by atoms with Crippen molar-refractivity contribution >= 4 is 50.5 Å². The molecule has 0 aliphatic carbocycles. The smallest absolute Gasteiger partial charge is 0.158 e. The number of nitriles is 1. The minimum atomic E-state index is 0.484. The number of rotatable bonds is 3. The highest BCUT2D eigenvalue weighted by atomic mass is 32.2. The first kappa shape index (κ1) is 14.0. The molecule has 0 aliphatic heterocycles. The van der Waals surface area contributed by atoms with Crippen LogP contribution in [0.3, 0.4) is 0 Å². The molecule has 0 saturated heterocycles. The molecule has 0 saturated carbocycles. The van der Waals surface area contributed by atoms with Crippen LogP contribution in [-0.2, 0) is 0 Å². The van der Waals surface area contributed by atoms with Crippen LogP contribution in [0.1, 0.15) is 5.56 Å². The van der Waals surface area contributed by atoms with E-state index in [1.165, 1.54) is 11.8 Å². The molecule has 3 aromatic heterocycles. The van der Waals surface area contributed by atoms with Crippen LogP contribution >= 0.6 is 23.1 Å². The highest BCUT2D eigenvalue weighted by molar-refractivity contribution is 7.98. The third-order valence-corrected chi connectivity index (χ3v) is 4.87. The number of aromatic nitrogens is 4. The molecular weight excluding hydrogens is 328 g/mol. The van der Waals surface area contributed by atoms with E-state index >= 15 is 0 Å². The molecule has 4 rings (SSSR count). The van der Waals surface area contributed by atoms with Crippen LogP contribution < -0.4 is 5.32 Å². The molecule has 0 bridgehead atoms. The molecule has 4 aromatic rings. The van der Waals surface area contributed by atoms with Gasteiger partial charge < -0.3 is 5.32 Å². The maximum atomic E-state index is 9.55. The van der Waals surface area contributed by atoms with Crippen molar-refractivity contribution in [2.75, 3.05) is 11.6 Å². The molecule has 0 radical (unpaired) electrons. The van der Waals surface area contributed by atoms with Crippen molar-refractivity contribution in [2.24, 2.45) is 0 Å². The fourth-order valence-corrected chi connectivity index (χ4v) is 3.60. The van der Waals surface area contributed by atoms with Gasteiger partial charge in [0, 0.05) is 11.8 Å². The fourth-order valence-electron chi connectivity index (χ4n) is 2.35. The van der Waals surface area contributed by atoms with E-state index in [1.807, 2.05) is 36.0 Å². The maximum Gasteiger partial charge on any atom is 0.158 e. The van der Waals surface area contributed by atoms with E-state index in [2.05, 4.69) is 26.5 Å². The van der Waals surface area contributed by atoms with Gasteiger partial charge in [0.2, 0.25) is 0 Å². The third-order valence-electron chi connectivity index (χ3n) is 3.40. The first-order valence-corrected chi connectivity index (χ1v) is 8.82. The van der Waals surface area contributed by atoms with E-state index in [9.17, 15) is 5.26 Å². The molecule has 8 heteroatoms. The second-order valence-corrected chi connectivity index (χ2v) is 6.40. The van der Waals surface area contributed by atoms with Gasteiger partial charge in [-0.15, -0.1) is 23.1 Å². The van der Waals surface area contributed by atoms with E-state index in [4.69, 9.17) is 0 Å². The van der Waals surface area contributed by atoms with Gasteiger partial charge in [-0.25, -0.2) is 9.97 Å². The highest BCUT2D eigenvalue weighted by Crippen LogP contribution is 2.30. The predicted molar refractivity (Wildman–Crippen MR) is 92.4 cm³/mol. The van der Waals surface area contributed by atoms with E-state index in [0.29, 0.717) is 22.1 Å². The van der Waals surface area contributed by atoms with Crippen LogP contribution in [0.4, 0.5) is 11.5 Å². The molecule has 1 N–H and O–H groups in total. The fraction of sp³-hybridized carbons (Fsp3) is 0.0667. The van der Waals surface area contributed by atoms with Crippen molar-refractivity contribution in [3.8, 4) is 6.07 Å². The number of thioether (sulfide) groups is 1. The summed E-state index contributed by atoms with van der Waals surface area (Å²) in [6.45, 7) is 0. The van der Waals surface area contributed by atoms with Crippen molar-refractivity contribution in [1.82, 2.24) is 19.6 Å². The van der Waals surface area contributed by atoms with Crippen molar-refractivity contribution in [3.05, 3.63) is 41.5 Å². The first-order valence-electron chi connectivity index (χ1n) is 6.72. The Morgan fingerprint density at radius 1 is 1.35 bits per heavy atom. The summed E-state index contributed by atoms with van der Waals surface area (Å²) in [7, 11) is 0. The molecule has 0 spiro atoms. The summed E-state index contributed by atoms with van der Waals surface area (Å²) >= 11 is 3.02. The Morgan fingerprint density at radius 2 is 2.26 bits per heavy atom. The normalized spacial score (nSPS) is 11.0. The van der Waals surface area contributed by atoms with E-state index in [1.54, 1.807) is 22.0 Å². The zero-order valence-electron chi connectivity index (χ0n) is 12.0. The van der Waals surface area contributed by atoms with Crippen LogP contribution in [0.5, 0.6) is 0 Å². The van der Waals surface area contributed by atoms with Gasteiger partial charge in [0.1, 0.15) is 16.7 Å². The Hall–Kier alpha value is -2.63. The molecular formula is C15H10N6S2. The quantitative estimate of drug-likeness (QED) is 0.453. The summed E-state index contributed by atoms with van der Waals surface area (Å²) in [6.07, 6.45) is 3.58. The Kier molecular flexibility index (Phi) is 3.37. The number of hydrogen-bond donors (Lipinski definition) is 1. The largest absolute Gasteiger partial charge is 0.339 e. The van der Waals surface area contributed by atoms with Gasteiger partial charge in [-0.3, -0.25) is 0 Å². The lowest BCUT2D eigenvalue weighted by atomic mass is 10.2. The van der Waals surface area contributed by atoms with Gasteiger partial charge in [0.05, 0.1) is 21.9 Å². The van der Waals surface area contributed by atoms with Crippen molar-refractivity contribution in [2.45, 2.75) is 5.03 Å². The molecule has 3 heterocycles.